The van der Waals surface area contributed by atoms with Gasteiger partial charge in [0.05, 0.1) is 3.81 Å². The van der Waals surface area contributed by atoms with E-state index in [-0.39, 0.29) is 0 Å². The predicted octanol–water partition coefficient (Wildman–Crippen LogP) is 3.79. The van der Waals surface area contributed by atoms with Gasteiger partial charge in [-0.1, -0.05) is 13.3 Å². The van der Waals surface area contributed by atoms with Crippen molar-refractivity contribution in [3.05, 3.63) is 21.2 Å². The van der Waals surface area contributed by atoms with Gasteiger partial charge in [0.15, 0.2) is 0 Å². The Bertz CT molecular complexity index is 243. The van der Waals surface area contributed by atoms with Gasteiger partial charge in [0.2, 0.25) is 0 Å². The Morgan fingerprint density at radius 2 is 2.21 bits per heavy atom. The summed E-state index contributed by atoms with van der Waals surface area (Å²) >= 11 is 7.50. The fourth-order valence-electron chi connectivity index (χ4n) is 1.05. The molecule has 80 valence electrons. The quantitative estimate of drug-likeness (QED) is 0.346. The molecule has 0 saturated heterocycles. The molecule has 0 aromatic carbocycles. The third-order valence-electron chi connectivity index (χ3n) is 1.76. The maximum atomic E-state index is 10.2. The first-order valence-electron chi connectivity index (χ1n) is 4.51. The fraction of sp³-hybridized carbons (Fsp3) is 0.500. The van der Waals surface area contributed by atoms with Crippen LogP contribution in [0.25, 0.3) is 0 Å². The summed E-state index contributed by atoms with van der Waals surface area (Å²) in [6.45, 7) is 4.37. The molecule has 0 atom stereocenters. The molecule has 0 aliphatic rings. The normalized spacial score (nSPS) is 13.6. The molecular weight excluding hydrogens is 264 g/mol. The van der Waals surface area contributed by atoms with E-state index < -0.39 is 0 Å². The molecule has 14 heavy (non-hydrogen) atoms. The van der Waals surface area contributed by atoms with E-state index in [9.17, 15) is 4.79 Å². The van der Waals surface area contributed by atoms with E-state index in [1.807, 2.05) is 6.92 Å². The highest BCUT2D eigenvalue weighted by Gasteiger charge is 2.08. The fourth-order valence-corrected chi connectivity index (χ4v) is 1.66. The van der Waals surface area contributed by atoms with E-state index in [4.69, 9.17) is 4.74 Å². The van der Waals surface area contributed by atoms with Gasteiger partial charge in [-0.2, -0.15) is 0 Å². The highest BCUT2D eigenvalue weighted by atomic mass is 79.9. The summed E-state index contributed by atoms with van der Waals surface area (Å²) in [6, 6.07) is 0. The molecule has 0 amide bonds. The average molecular weight is 279 g/mol. The number of hydrogen-bond acceptors (Lipinski definition) is 3. The maximum Gasteiger partial charge on any atom is 0.298 e. The zero-order valence-corrected chi connectivity index (χ0v) is 10.9. The average Bonchev–Trinajstić information content (AvgIpc) is 2.16. The van der Waals surface area contributed by atoms with Crippen molar-refractivity contribution in [1.29, 1.82) is 0 Å². The molecular formula is C10H15BrO2S. The van der Waals surface area contributed by atoms with Crippen molar-refractivity contribution in [3.8, 4) is 0 Å². The number of ether oxygens (including phenoxy) is 1. The van der Waals surface area contributed by atoms with Crippen LogP contribution in [0.5, 0.6) is 0 Å². The Hall–Kier alpha value is -0.220. The summed E-state index contributed by atoms with van der Waals surface area (Å²) in [6.07, 6.45) is 4.76. The second-order valence-corrected chi connectivity index (χ2v) is 4.59. The van der Waals surface area contributed by atoms with Crippen LogP contribution >= 0.6 is 28.6 Å². The molecule has 0 aromatic rings. The minimum atomic E-state index is 0.436. The van der Waals surface area contributed by atoms with Crippen LogP contribution in [0, 0.1) is 0 Å². The molecule has 0 rings (SSSR count). The number of thiol groups is 1. The van der Waals surface area contributed by atoms with E-state index in [0.717, 1.165) is 28.6 Å². The van der Waals surface area contributed by atoms with Gasteiger partial charge in [0.25, 0.3) is 6.47 Å². The summed E-state index contributed by atoms with van der Waals surface area (Å²) < 4.78 is 5.58. The van der Waals surface area contributed by atoms with Crippen LogP contribution in [-0.4, -0.2) is 6.47 Å². The molecule has 0 saturated carbocycles. The molecule has 4 heteroatoms. The molecule has 2 nitrogen and oxygen atoms in total. The highest BCUT2D eigenvalue weighted by Crippen LogP contribution is 2.27. The molecule has 0 spiro atoms. The molecule has 0 unspecified atom stereocenters. The number of rotatable bonds is 6. The van der Waals surface area contributed by atoms with E-state index in [1.54, 1.807) is 6.08 Å². The number of hydrogen-bond donors (Lipinski definition) is 1. The number of carbonyl (C=O) groups excluding carboxylic acids is 1. The first kappa shape index (κ1) is 13.8. The van der Waals surface area contributed by atoms with Gasteiger partial charge in [-0.3, -0.25) is 4.79 Å². The Balaban J connectivity index is 4.64. The standard InChI is InChI=1S/C10H15BrO2S/c1-3-5-6-8(10(11)14)9(4-2)13-7-12/h4,7,14H,3,5-6H2,1-2H3/b9-4-,10-8-. The topological polar surface area (TPSA) is 26.3 Å². The number of allylic oxidation sites excluding steroid dienone is 2. The number of halogens is 1. The van der Waals surface area contributed by atoms with Crippen molar-refractivity contribution >= 4 is 35.0 Å². The van der Waals surface area contributed by atoms with Gasteiger partial charge >= 0.3 is 0 Å². The smallest absolute Gasteiger partial charge is 0.298 e. The monoisotopic (exact) mass is 278 g/mol. The first-order valence-corrected chi connectivity index (χ1v) is 5.76. The van der Waals surface area contributed by atoms with Crippen molar-refractivity contribution in [2.45, 2.75) is 33.1 Å². The Morgan fingerprint density at radius 1 is 1.57 bits per heavy atom. The zero-order chi connectivity index (χ0) is 11.0. The lowest BCUT2D eigenvalue weighted by atomic mass is 10.1. The molecule has 0 fully saturated rings. The Kier molecular flexibility index (Phi) is 7.99. The first-order chi connectivity index (χ1) is 6.67. The molecule has 0 bridgehead atoms. The van der Waals surface area contributed by atoms with Crippen LogP contribution in [0.1, 0.15) is 33.1 Å². The van der Waals surface area contributed by atoms with Crippen LogP contribution in [0.15, 0.2) is 21.2 Å². The lowest BCUT2D eigenvalue weighted by Crippen LogP contribution is -1.96. The summed E-state index contributed by atoms with van der Waals surface area (Å²) in [5.74, 6) is 0.579. The van der Waals surface area contributed by atoms with Crippen LogP contribution < -0.4 is 0 Å². The predicted molar refractivity (Wildman–Crippen MR) is 65.4 cm³/mol. The van der Waals surface area contributed by atoms with E-state index in [1.165, 1.54) is 0 Å². The van der Waals surface area contributed by atoms with Crippen LogP contribution in [-0.2, 0) is 9.53 Å². The number of carbonyl (C=O) groups is 1. The van der Waals surface area contributed by atoms with Gasteiger partial charge in [-0.05, 0) is 41.8 Å². The second-order valence-electron chi connectivity index (χ2n) is 2.74. The summed E-state index contributed by atoms with van der Waals surface area (Å²) in [5, 5.41) is 0. The van der Waals surface area contributed by atoms with Gasteiger partial charge < -0.3 is 4.74 Å². The molecule has 0 aliphatic carbocycles. The van der Waals surface area contributed by atoms with Crippen LogP contribution in [0.3, 0.4) is 0 Å². The SMILES string of the molecule is C/C=C(OC=O)/C(CCCC)=C(\S)Br. The zero-order valence-electron chi connectivity index (χ0n) is 8.42. The minimum absolute atomic E-state index is 0.436. The van der Waals surface area contributed by atoms with Crippen LogP contribution in [0.2, 0.25) is 0 Å². The maximum absolute atomic E-state index is 10.2. The summed E-state index contributed by atoms with van der Waals surface area (Å²) in [7, 11) is 0. The molecule has 0 aliphatic heterocycles. The van der Waals surface area contributed by atoms with Gasteiger partial charge in [-0.25, -0.2) is 0 Å². The van der Waals surface area contributed by atoms with Gasteiger partial charge in [0.1, 0.15) is 5.76 Å². The second kappa shape index (κ2) is 8.12. The van der Waals surface area contributed by atoms with Gasteiger partial charge in [0, 0.05) is 5.57 Å². The summed E-state index contributed by atoms with van der Waals surface area (Å²) in [5.41, 5.74) is 0.935. The van der Waals surface area contributed by atoms with E-state index >= 15 is 0 Å². The van der Waals surface area contributed by atoms with Crippen molar-refractivity contribution < 1.29 is 9.53 Å². The van der Waals surface area contributed by atoms with Crippen LogP contribution in [0.4, 0.5) is 0 Å². The van der Waals surface area contributed by atoms with E-state index in [0.29, 0.717) is 12.2 Å². The molecule has 0 aromatic heterocycles. The Morgan fingerprint density at radius 3 is 2.57 bits per heavy atom. The van der Waals surface area contributed by atoms with Crippen molar-refractivity contribution in [2.75, 3.05) is 0 Å². The third-order valence-corrected chi connectivity index (χ3v) is 2.51. The van der Waals surface area contributed by atoms with E-state index in [2.05, 4.69) is 35.5 Å². The third kappa shape index (κ3) is 4.86. The molecule has 0 heterocycles. The van der Waals surface area contributed by atoms with Crippen molar-refractivity contribution in [2.24, 2.45) is 0 Å². The minimum Gasteiger partial charge on any atom is -0.429 e. The highest BCUT2D eigenvalue weighted by molar-refractivity contribution is 9.13. The lowest BCUT2D eigenvalue weighted by Gasteiger charge is -2.09. The van der Waals surface area contributed by atoms with Crippen molar-refractivity contribution in [3.63, 3.8) is 0 Å². The largest absolute Gasteiger partial charge is 0.429 e. The lowest BCUT2D eigenvalue weighted by molar-refractivity contribution is -0.124. The summed E-state index contributed by atoms with van der Waals surface area (Å²) in [4.78, 5) is 10.2. The van der Waals surface area contributed by atoms with Crippen molar-refractivity contribution in [1.82, 2.24) is 0 Å². The molecule has 0 N–H and O–H groups in total. The Labute approximate surface area is 98.9 Å². The molecule has 0 radical (unpaired) electrons. The van der Waals surface area contributed by atoms with Gasteiger partial charge in [-0.15, -0.1) is 12.6 Å². The number of unbranched alkanes of at least 4 members (excludes halogenated alkanes) is 1.